The molecule has 0 spiro atoms. The van der Waals surface area contributed by atoms with Gasteiger partial charge in [0.25, 0.3) is 0 Å². The van der Waals surface area contributed by atoms with Crippen LogP contribution in [0.2, 0.25) is 5.02 Å². The van der Waals surface area contributed by atoms with Gasteiger partial charge in [-0.1, -0.05) is 29.8 Å². The van der Waals surface area contributed by atoms with Gasteiger partial charge in [0.1, 0.15) is 0 Å². The first kappa shape index (κ1) is 13.8. The highest BCUT2D eigenvalue weighted by atomic mass is 35.5. The van der Waals surface area contributed by atoms with E-state index >= 15 is 0 Å². The first-order valence-corrected chi connectivity index (χ1v) is 6.80. The molecule has 18 heavy (non-hydrogen) atoms. The van der Waals surface area contributed by atoms with Crippen LogP contribution in [0.3, 0.4) is 0 Å². The van der Waals surface area contributed by atoms with E-state index in [4.69, 9.17) is 16.3 Å². The molecule has 1 N–H and O–H groups in total. The van der Waals surface area contributed by atoms with Crippen LogP contribution < -0.4 is 0 Å². The van der Waals surface area contributed by atoms with Crippen LogP contribution in [0.5, 0.6) is 0 Å². The Kier molecular flexibility index (Phi) is 5.01. The summed E-state index contributed by atoms with van der Waals surface area (Å²) in [5, 5.41) is 10.8. The predicted octanol–water partition coefficient (Wildman–Crippen LogP) is 2.48. The molecule has 0 saturated carbocycles. The summed E-state index contributed by atoms with van der Waals surface area (Å²) in [4.78, 5) is 2.35. The SMILES string of the molecule is CC1COCCN1CCC(O)c1ccccc1Cl. The van der Waals surface area contributed by atoms with Crippen LogP contribution in [0.1, 0.15) is 25.0 Å². The van der Waals surface area contributed by atoms with E-state index < -0.39 is 6.10 Å². The van der Waals surface area contributed by atoms with Crippen molar-refractivity contribution in [3.05, 3.63) is 34.9 Å². The predicted molar refractivity (Wildman–Crippen MR) is 72.9 cm³/mol. The number of hydrogen-bond acceptors (Lipinski definition) is 3. The molecule has 4 heteroatoms. The summed E-state index contributed by atoms with van der Waals surface area (Å²) in [7, 11) is 0. The Balaban J connectivity index is 1.88. The minimum Gasteiger partial charge on any atom is -0.388 e. The van der Waals surface area contributed by atoms with Crippen molar-refractivity contribution < 1.29 is 9.84 Å². The lowest BCUT2D eigenvalue weighted by Gasteiger charge is -2.33. The fourth-order valence-electron chi connectivity index (χ4n) is 2.28. The Morgan fingerprint density at radius 1 is 1.50 bits per heavy atom. The van der Waals surface area contributed by atoms with Gasteiger partial charge in [-0.05, 0) is 25.0 Å². The molecule has 2 atom stereocenters. The molecular formula is C14H20ClNO2. The summed E-state index contributed by atoms with van der Waals surface area (Å²) in [5.74, 6) is 0. The smallest absolute Gasteiger partial charge is 0.0816 e. The number of ether oxygens (including phenoxy) is 1. The fraction of sp³-hybridized carbons (Fsp3) is 0.571. The second-order valence-electron chi connectivity index (χ2n) is 4.79. The van der Waals surface area contributed by atoms with Gasteiger partial charge in [0.2, 0.25) is 0 Å². The van der Waals surface area contributed by atoms with Crippen LogP contribution in [0, 0.1) is 0 Å². The Morgan fingerprint density at radius 2 is 2.28 bits per heavy atom. The summed E-state index contributed by atoms with van der Waals surface area (Å²) in [6, 6.07) is 7.91. The zero-order valence-electron chi connectivity index (χ0n) is 10.7. The lowest BCUT2D eigenvalue weighted by molar-refractivity contribution is -0.00638. The molecule has 1 saturated heterocycles. The number of halogens is 1. The number of morpholine rings is 1. The van der Waals surface area contributed by atoms with E-state index in [-0.39, 0.29) is 0 Å². The summed E-state index contributed by atoms with van der Waals surface area (Å²) >= 11 is 6.08. The summed E-state index contributed by atoms with van der Waals surface area (Å²) in [5.41, 5.74) is 0.820. The number of rotatable bonds is 4. The molecule has 0 bridgehead atoms. The largest absolute Gasteiger partial charge is 0.388 e. The summed E-state index contributed by atoms with van der Waals surface area (Å²) < 4.78 is 5.40. The van der Waals surface area contributed by atoms with Gasteiger partial charge in [-0.15, -0.1) is 0 Å². The van der Waals surface area contributed by atoms with Crippen molar-refractivity contribution in [1.29, 1.82) is 0 Å². The number of nitrogens with zero attached hydrogens (tertiary/aromatic N) is 1. The van der Waals surface area contributed by atoms with Crippen molar-refractivity contribution in [3.63, 3.8) is 0 Å². The van der Waals surface area contributed by atoms with Gasteiger partial charge in [-0.2, -0.15) is 0 Å². The van der Waals surface area contributed by atoms with Crippen LogP contribution in [0.15, 0.2) is 24.3 Å². The second kappa shape index (κ2) is 6.53. The normalized spacial score (nSPS) is 22.9. The third-order valence-electron chi connectivity index (χ3n) is 3.46. The van der Waals surface area contributed by atoms with Crippen LogP contribution in [-0.2, 0) is 4.74 Å². The third kappa shape index (κ3) is 3.45. The van der Waals surface area contributed by atoms with E-state index in [1.165, 1.54) is 0 Å². The first-order valence-electron chi connectivity index (χ1n) is 6.43. The summed E-state index contributed by atoms with van der Waals surface area (Å²) in [6.45, 7) is 5.53. The maximum Gasteiger partial charge on any atom is 0.0816 e. The number of aliphatic hydroxyl groups excluding tert-OH is 1. The van der Waals surface area contributed by atoms with Crippen molar-refractivity contribution >= 4 is 11.6 Å². The van der Waals surface area contributed by atoms with Crippen molar-refractivity contribution in [3.8, 4) is 0 Å². The molecule has 0 amide bonds. The maximum absolute atomic E-state index is 10.2. The highest BCUT2D eigenvalue weighted by molar-refractivity contribution is 6.31. The molecule has 3 nitrogen and oxygen atoms in total. The highest BCUT2D eigenvalue weighted by Gasteiger charge is 2.20. The number of benzene rings is 1. The molecule has 0 aromatic heterocycles. The van der Waals surface area contributed by atoms with Crippen LogP contribution in [0.25, 0.3) is 0 Å². The van der Waals surface area contributed by atoms with Gasteiger partial charge in [-0.3, -0.25) is 4.90 Å². The average molecular weight is 270 g/mol. The molecule has 0 radical (unpaired) electrons. The zero-order valence-corrected chi connectivity index (χ0v) is 11.4. The molecule has 0 aliphatic carbocycles. The van der Waals surface area contributed by atoms with Crippen molar-refractivity contribution in [1.82, 2.24) is 4.90 Å². The van der Waals surface area contributed by atoms with Gasteiger partial charge < -0.3 is 9.84 Å². The Labute approximate surface area is 113 Å². The molecule has 1 heterocycles. The first-order chi connectivity index (χ1) is 8.68. The van der Waals surface area contributed by atoms with E-state index in [2.05, 4.69) is 11.8 Å². The highest BCUT2D eigenvalue weighted by Crippen LogP contribution is 2.25. The molecule has 1 aliphatic rings. The van der Waals surface area contributed by atoms with Crippen LogP contribution in [-0.4, -0.2) is 42.4 Å². The standard InChI is InChI=1S/C14H20ClNO2/c1-11-10-18-9-8-16(11)7-6-14(17)12-4-2-3-5-13(12)15/h2-5,11,14,17H,6-10H2,1H3. The molecule has 1 fully saturated rings. The minimum absolute atomic E-state index is 0.428. The number of aliphatic hydroxyl groups is 1. The van der Waals surface area contributed by atoms with Crippen molar-refractivity contribution in [2.24, 2.45) is 0 Å². The van der Waals surface area contributed by atoms with Crippen LogP contribution >= 0.6 is 11.6 Å². The van der Waals surface area contributed by atoms with Gasteiger partial charge in [-0.25, -0.2) is 0 Å². The van der Waals surface area contributed by atoms with E-state index in [0.717, 1.165) is 31.9 Å². The Morgan fingerprint density at radius 3 is 3.00 bits per heavy atom. The molecule has 1 aliphatic heterocycles. The lowest BCUT2D eigenvalue weighted by atomic mass is 10.1. The Bertz CT molecular complexity index is 386. The quantitative estimate of drug-likeness (QED) is 0.912. The van der Waals surface area contributed by atoms with Crippen molar-refractivity contribution in [2.45, 2.75) is 25.5 Å². The summed E-state index contributed by atoms with van der Waals surface area (Å²) in [6.07, 6.45) is 0.211. The van der Waals surface area contributed by atoms with E-state index in [1.54, 1.807) is 0 Å². The van der Waals surface area contributed by atoms with Gasteiger partial charge in [0.15, 0.2) is 0 Å². The lowest BCUT2D eigenvalue weighted by Crippen LogP contribution is -2.44. The maximum atomic E-state index is 10.2. The monoisotopic (exact) mass is 269 g/mol. The fourth-order valence-corrected chi connectivity index (χ4v) is 2.54. The van der Waals surface area contributed by atoms with E-state index in [0.29, 0.717) is 17.5 Å². The van der Waals surface area contributed by atoms with Gasteiger partial charge in [0.05, 0.1) is 19.3 Å². The molecule has 1 aromatic rings. The second-order valence-corrected chi connectivity index (χ2v) is 5.19. The van der Waals surface area contributed by atoms with E-state index in [9.17, 15) is 5.11 Å². The third-order valence-corrected chi connectivity index (χ3v) is 3.80. The van der Waals surface area contributed by atoms with Crippen LogP contribution in [0.4, 0.5) is 0 Å². The Hall–Kier alpha value is -0.610. The minimum atomic E-state index is -0.492. The molecule has 1 aromatic carbocycles. The van der Waals surface area contributed by atoms with Crippen molar-refractivity contribution in [2.75, 3.05) is 26.3 Å². The van der Waals surface area contributed by atoms with Gasteiger partial charge in [0, 0.05) is 24.2 Å². The van der Waals surface area contributed by atoms with Gasteiger partial charge >= 0.3 is 0 Å². The topological polar surface area (TPSA) is 32.7 Å². The zero-order chi connectivity index (χ0) is 13.0. The number of hydrogen-bond donors (Lipinski definition) is 1. The van der Waals surface area contributed by atoms with E-state index in [1.807, 2.05) is 24.3 Å². The average Bonchev–Trinajstić information content (AvgIpc) is 2.38. The molecule has 100 valence electrons. The molecule has 2 rings (SSSR count). The molecular weight excluding hydrogens is 250 g/mol. The molecule has 2 unspecified atom stereocenters.